The smallest absolute Gasteiger partial charge is 0.335 e. The molecular weight excluding hydrogens is 354 g/mol. The molecule has 0 unspecified atom stereocenters. The third-order valence-corrected chi connectivity index (χ3v) is 3.69. The summed E-state index contributed by atoms with van der Waals surface area (Å²) in [5, 5.41) is 8.87. The summed E-state index contributed by atoms with van der Waals surface area (Å²) in [6, 6.07) is 7.45. The number of carboxylic acids is 1. The zero-order valence-electron chi connectivity index (χ0n) is 14.7. The number of aliphatic carboxylic acids is 1. The van der Waals surface area contributed by atoms with Gasteiger partial charge in [0.15, 0.2) is 0 Å². The number of imide groups is 1. The van der Waals surface area contributed by atoms with Crippen LogP contribution in [0.5, 0.6) is 0 Å². The normalized spacial score (nSPS) is 13.3. The molecule has 1 aliphatic rings. The molecule has 9 nitrogen and oxygen atoms in total. The first-order valence-electron chi connectivity index (χ1n) is 8.45. The molecule has 0 saturated carbocycles. The number of hydrogen-bond donors (Lipinski definition) is 1. The van der Waals surface area contributed by atoms with E-state index in [2.05, 4.69) is 0 Å². The van der Waals surface area contributed by atoms with Crippen molar-refractivity contribution < 1.29 is 29.1 Å². The number of hydrogen-bond acceptors (Lipinski definition) is 5. The van der Waals surface area contributed by atoms with Gasteiger partial charge < -0.3 is 19.1 Å². The number of carbonyl (C=O) groups is 4. The van der Waals surface area contributed by atoms with Gasteiger partial charge in [0.1, 0.15) is 0 Å². The van der Waals surface area contributed by atoms with Gasteiger partial charge in [0.05, 0.1) is 12.8 Å². The van der Waals surface area contributed by atoms with E-state index in [-0.39, 0.29) is 25.7 Å². The maximum absolute atomic E-state index is 11.4. The quantitative estimate of drug-likeness (QED) is 0.733. The molecule has 1 N–H and O–H groups in total. The standard InChI is InChI=1S/C11H12N2O4.C7H9NO2/c14-9-3-4-10(15)13(9)17-11(16)5-8-12-6-1-2-7-12;9-7(10)3-6-8-4-1-2-5-8/h1-2,6-7H,3-5,8H2;1-2,4-5H,3,6H2,(H,9,10). The SMILES string of the molecule is O=C(CCn1cccc1)ON1C(=O)CCC1=O.O=C(O)CCn1cccc1. The van der Waals surface area contributed by atoms with Crippen molar-refractivity contribution in [3.05, 3.63) is 49.1 Å². The molecular formula is C18H21N3O6. The molecule has 0 radical (unpaired) electrons. The van der Waals surface area contributed by atoms with Crippen LogP contribution in [-0.2, 0) is 37.1 Å². The van der Waals surface area contributed by atoms with Crippen LogP contribution in [0.15, 0.2) is 49.1 Å². The van der Waals surface area contributed by atoms with Gasteiger partial charge in [0.25, 0.3) is 11.8 Å². The zero-order valence-corrected chi connectivity index (χ0v) is 14.7. The minimum absolute atomic E-state index is 0.115. The van der Waals surface area contributed by atoms with Crippen LogP contribution >= 0.6 is 0 Å². The highest BCUT2D eigenvalue weighted by Gasteiger charge is 2.32. The highest BCUT2D eigenvalue weighted by Crippen LogP contribution is 2.12. The van der Waals surface area contributed by atoms with E-state index in [1.54, 1.807) is 0 Å². The molecule has 2 amide bonds. The molecule has 1 fully saturated rings. The lowest BCUT2D eigenvalue weighted by Crippen LogP contribution is -2.32. The lowest BCUT2D eigenvalue weighted by atomic mass is 10.4. The summed E-state index contributed by atoms with van der Waals surface area (Å²) < 4.78 is 3.66. The number of aryl methyl sites for hydroxylation is 2. The second kappa shape index (κ2) is 9.95. The number of carbonyl (C=O) groups excluding carboxylic acids is 3. The van der Waals surface area contributed by atoms with E-state index < -0.39 is 23.8 Å². The van der Waals surface area contributed by atoms with E-state index in [0.717, 1.165) is 0 Å². The Kier molecular flexibility index (Phi) is 7.36. The Hall–Kier alpha value is -3.36. The monoisotopic (exact) mass is 375 g/mol. The van der Waals surface area contributed by atoms with Crippen LogP contribution in [0, 0.1) is 0 Å². The summed E-state index contributed by atoms with van der Waals surface area (Å²) in [5.74, 6) is -2.25. The van der Waals surface area contributed by atoms with Gasteiger partial charge in [-0.15, -0.1) is 5.06 Å². The molecule has 3 heterocycles. The van der Waals surface area contributed by atoms with Crippen molar-refractivity contribution >= 4 is 23.8 Å². The summed E-state index contributed by atoms with van der Waals surface area (Å²) >= 11 is 0. The van der Waals surface area contributed by atoms with Gasteiger partial charge in [-0.25, -0.2) is 4.79 Å². The molecule has 0 aromatic carbocycles. The van der Waals surface area contributed by atoms with Crippen molar-refractivity contribution in [3.8, 4) is 0 Å². The van der Waals surface area contributed by atoms with Crippen molar-refractivity contribution in [3.63, 3.8) is 0 Å². The number of amides is 2. The van der Waals surface area contributed by atoms with E-state index >= 15 is 0 Å². The molecule has 1 saturated heterocycles. The van der Waals surface area contributed by atoms with Crippen molar-refractivity contribution in [1.82, 2.24) is 14.2 Å². The van der Waals surface area contributed by atoms with E-state index in [1.165, 1.54) is 0 Å². The van der Waals surface area contributed by atoms with Crippen molar-refractivity contribution in [2.45, 2.75) is 38.8 Å². The van der Waals surface area contributed by atoms with E-state index in [4.69, 9.17) is 9.94 Å². The van der Waals surface area contributed by atoms with Gasteiger partial charge in [0, 0.05) is 50.7 Å². The molecule has 144 valence electrons. The topological polar surface area (TPSA) is 111 Å². The molecule has 1 aliphatic heterocycles. The third-order valence-electron chi connectivity index (χ3n) is 3.69. The molecule has 0 atom stereocenters. The highest BCUT2D eigenvalue weighted by atomic mass is 16.7. The van der Waals surface area contributed by atoms with Crippen molar-refractivity contribution in [2.75, 3.05) is 0 Å². The minimum Gasteiger partial charge on any atom is -0.481 e. The second-order valence-corrected chi connectivity index (χ2v) is 5.78. The predicted octanol–water partition coefficient (Wildman–Crippen LogP) is 1.45. The lowest BCUT2D eigenvalue weighted by Gasteiger charge is -2.12. The molecule has 9 heteroatoms. The zero-order chi connectivity index (χ0) is 19.6. The van der Waals surface area contributed by atoms with Gasteiger partial charge in [-0.1, -0.05) is 0 Å². The van der Waals surface area contributed by atoms with Gasteiger partial charge in [-0.2, -0.15) is 0 Å². The number of rotatable bonds is 7. The fraction of sp³-hybridized carbons (Fsp3) is 0.333. The first-order valence-corrected chi connectivity index (χ1v) is 8.45. The number of carboxylic acid groups (broad SMARTS) is 1. The number of aromatic nitrogens is 2. The largest absolute Gasteiger partial charge is 0.481 e. The molecule has 0 bridgehead atoms. The number of nitrogens with zero attached hydrogens (tertiary/aromatic N) is 3. The van der Waals surface area contributed by atoms with Crippen LogP contribution in [0.4, 0.5) is 0 Å². The van der Waals surface area contributed by atoms with E-state index in [9.17, 15) is 19.2 Å². The Balaban J connectivity index is 0.000000223. The molecule has 2 aromatic rings. The first kappa shape index (κ1) is 20.0. The van der Waals surface area contributed by atoms with E-state index in [0.29, 0.717) is 18.2 Å². The van der Waals surface area contributed by atoms with Crippen LogP contribution in [0.1, 0.15) is 25.7 Å². The summed E-state index contributed by atoms with van der Waals surface area (Å²) in [6.45, 7) is 1.02. The molecule has 0 aliphatic carbocycles. The fourth-order valence-corrected chi connectivity index (χ4v) is 2.29. The third kappa shape index (κ3) is 6.81. The maximum atomic E-state index is 11.4. The Morgan fingerprint density at radius 2 is 1.30 bits per heavy atom. The summed E-state index contributed by atoms with van der Waals surface area (Å²) in [6.07, 6.45) is 7.87. The Labute approximate surface area is 155 Å². The van der Waals surface area contributed by atoms with Gasteiger partial charge in [-0.05, 0) is 24.3 Å². The Morgan fingerprint density at radius 3 is 1.74 bits per heavy atom. The lowest BCUT2D eigenvalue weighted by molar-refractivity contribution is -0.197. The predicted molar refractivity (Wildman–Crippen MR) is 92.9 cm³/mol. The second-order valence-electron chi connectivity index (χ2n) is 5.78. The van der Waals surface area contributed by atoms with Crippen molar-refractivity contribution in [2.24, 2.45) is 0 Å². The first-order chi connectivity index (χ1) is 13.0. The molecule has 0 spiro atoms. The van der Waals surface area contributed by atoms with Crippen LogP contribution in [0.3, 0.4) is 0 Å². The van der Waals surface area contributed by atoms with Gasteiger partial charge in [0.2, 0.25) is 0 Å². The average molecular weight is 375 g/mol. The summed E-state index contributed by atoms with van der Waals surface area (Å²) in [7, 11) is 0. The Bertz CT molecular complexity index is 751. The van der Waals surface area contributed by atoms with Crippen LogP contribution in [-0.4, -0.2) is 43.1 Å². The summed E-state index contributed by atoms with van der Waals surface area (Å²) in [4.78, 5) is 48.6. The van der Waals surface area contributed by atoms with E-state index in [1.807, 2.05) is 58.2 Å². The number of hydroxylamine groups is 2. The minimum atomic E-state index is -0.756. The Morgan fingerprint density at radius 1 is 0.852 bits per heavy atom. The molecule has 2 aromatic heterocycles. The van der Waals surface area contributed by atoms with Crippen LogP contribution in [0.2, 0.25) is 0 Å². The molecule has 3 rings (SSSR count). The van der Waals surface area contributed by atoms with Crippen LogP contribution < -0.4 is 0 Å². The van der Waals surface area contributed by atoms with Crippen molar-refractivity contribution in [1.29, 1.82) is 0 Å². The molecule has 27 heavy (non-hydrogen) atoms. The van der Waals surface area contributed by atoms with Crippen LogP contribution in [0.25, 0.3) is 0 Å². The van der Waals surface area contributed by atoms with Gasteiger partial charge >= 0.3 is 11.9 Å². The average Bonchev–Trinajstić information content (AvgIpc) is 3.38. The summed E-state index contributed by atoms with van der Waals surface area (Å²) in [5.41, 5.74) is 0. The maximum Gasteiger partial charge on any atom is 0.335 e. The highest BCUT2D eigenvalue weighted by molar-refractivity contribution is 6.01. The fourth-order valence-electron chi connectivity index (χ4n) is 2.29. The van der Waals surface area contributed by atoms with Gasteiger partial charge in [-0.3, -0.25) is 14.4 Å².